The standard InChI is InChI=1S/C24H31N5O2/c1-19(2)31-23-12-10-20(11-13-23)28-24(26-18-21-14-16-27-29(21)3)25-15-7-17-30-22-8-5-4-6-9-22/h4-6,8-14,16,19H,7,15,17-18H2,1-3H3,(H2,25,26,28). The molecule has 0 aliphatic heterocycles. The van der Waals surface area contributed by atoms with Crippen molar-refractivity contribution in [3.8, 4) is 11.5 Å². The zero-order chi connectivity index (χ0) is 21.9. The normalized spacial score (nSPS) is 11.4. The Labute approximate surface area is 184 Å². The highest BCUT2D eigenvalue weighted by Crippen LogP contribution is 2.17. The summed E-state index contributed by atoms with van der Waals surface area (Å²) in [5.41, 5.74) is 1.97. The number of benzene rings is 2. The van der Waals surface area contributed by atoms with Gasteiger partial charge in [-0.1, -0.05) is 18.2 Å². The minimum Gasteiger partial charge on any atom is -0.494 e. The Morgan fingerprint density at radius 3 is 2.48 bits per heavy atom. The molecule has 2 aromatic carbocycles. The van der Waals surface area contributed by atoms with Gasteiger partial charge in [0.15, 0.2) is 5.96 Å². The smallest absolute Gasteiger partial charge is 0.196 e. The van der Waals surface area contributed by atoms with Gasteiger partial charge in [-0.2, -0.15) is 5.10 Å². The minimum absolute atomic E-state index is 0.148. The van der Waals surface area contributed by atoms with E-state index in [1.54, 1.807) is 6.20 Å². The Bertz CT molecular complexity index is 936. The highest BCUT2D eigenvalue weighted by Gasteiger charge is 2.04. The first-order valence-corrected chi connectivity index (χ1v) is 10.6. The number of hydrogen-bond donors (Lipinski definition) is 2. The Balaban J connectivity index is 1.55. The van der Waals surface area contributed by atoms with E-state index in [-0.39, 0.29) is 6.10 Å². The van der Waals surface area contributed by atoms with Gasteiger partial charge in [-0.25, -0.2) is 4.99 Å². The van der Waals surface area contributed by atoms with Crippen molar-refractivity contribution in [2.24, 2.45) is 12.0 Å². The number of aliphatic imine (C=N–C) groups is 1. The van der Waals surface area contributed by atoms with E-state index in [9.17, 15) is 0 Å². The van der Waals surface area contributed by atoms with Crippen LogP contribution in [0.3, 0.4) is 0 Å². The molecule has 0 aliphatic rings. The molecule has 2 N–H and O–H groups in total. The Hall–Kier alpha value is -3.48. The lowest BCUT2D eigenvalue weighted by Gasteiger charge is -2.14. The van der Waals surface area contributed by atoms with Crippen molar-refractivity contribution in [2.45, 2.75) is 32.9 Å². The molecule has 0 saturated heterocycles. The van der Waals surface area contributed by atoms with Gasteiger partial charge in [-0.15, -0.1) is 0 Å². The van der Waals surface area contributed by atoms with Crippen LogP contribution in [0.2, 0.25) is 0 Å². The van der Waals surface area contributed by atoms with Gasteiger partial charge in [-0.05, 0) is 62.7 Å². The van der Waals surface area contributed by atoms with Crippen molar-refractivity contribution in [3.05, 3.63) is 72.6 Å². The third-order valence-electron chi connectivity index (χ3n) is 4.44. The molecule has 0 spiro atoms. The van der Waals surface area contributed by atoms with Gasteiger partial charge >= 0.3 is 0 Å². The third-order valence-corrected chi connectivity index (χ3v) is 4.44. The molecule has 3 aromatic rings. The molecule has 1 aromatic heterocycles. The average molecular weight is 422 g/mol. The van der Waals surface area contributed by atoms with E-state index >= 15 is 0 Å². The molecule has 0 aliphatic carbocycles. The van der Waals surface area contributed by atoms with Crippen LogP contribution in [0, 0.1) is 0 Å². The highest BCUT2D eigenvalue weighted by molar-refractivity contribution is 5.93. The van der Waals surface area contributed by atoms with Crippen molar-refractivity contribution >= 4 is 11.6 Å². The highest BCUT2D eigenvalue weighted by atomic mass is 16.5. The number of aromatic nitrogens is 2. The molecule has 0 fully saturated rings. The van der Waals surface area contributed by atoms with Gasteiger partial charge in [0.1, 0.15) is 11.5 Å². The van der Waals surface area contributed by atoms with Gasteiger partial charge in [0.2, 0.25) is 0 Å². The van der Waals surface area contributed by atoms with Crippen LogP contribution in [0.4, 0.5) is 5.69 Å². The second-order valence-electron chi connectivity index (χ2n) is 7.37. The Morgan fingerprint density at radius 2 is 1.81 bits per heavy atom. The van der Waals surface area contributed by atoms with E-state index in [2.05, 4.69) is 15.7 Å². The first-order chi connectivity index (χ1) is 15.1. The van der Waals surface area contributed by atoms with Crippen molar-refractivity contribution < 1.29 is 9.47 Å². The Morgan fingerprint density at radius 1 is 1.03 bits per heavy atom. The van der Waals surface area contributed by atoms with Crippen molar-refractivity contribution in [2.75, 3.05) is 18.5 Å². The van der Waals surface area contributed by atoms with Crippen LogP contribution in [0.15, 0.2) is 71.9 Å². The molecule has 7 nitrogen and oxygen atoms in total. The maximum atomic E-state index is 5.76. The zero-order valence-corrected chi connectivity index (χ0v) is 18.4. The number of hydrogen-bond acceptors (Lipinski definition) is 4. The number of ether oxygens (including phenoxy) is 2. The van der Waals surface area contributed by atoms with Crippen LogP contribution in [-0.2, 0) is 13.6 Å². The summed E-state index contributed by atoms with van der Waals surface area (Å²) in [4.78, 5) is 4.71. The number of rotatable bonds is 10. The van der Waals surface area contributed by atoms with E-state index in [1.807, 2.05) is 86.2 Å². The molecule has 0 amide bonds. The van der Waals surface area contributed by atoms with Crippen LogP contribution in [0.5, 0.6) is 11.5 Å². The summed E-state index contributed by atoms with van der Waals surface area (Å²) in [5, 5.41) is 10.9. The van der Waals surface area contributed by atoms with Gasteiger partial charge in [-0.3, -0.25) is 4.68 Å². The molecule has 31 heavy (non-hydrogen) atoms. The van der Waals surface area contributed by atoms with Crippen LogP contribution in [-0.4, -0.2) is 35.0 Å². The Kier molecular flexibility index (Phi) is 8.34. The third kappa shape index (κ3) is 7.70. The molecular weight excluding hydrogens is 390 g/mol. The topological polar surface area (TPSA) is 72.7 Å². The summed E-state index contributed by atoms with van der Waals surface area (Å²) < 4.78 is 13.3. The fraction of sp³-hybridized carbons (Fsp3) is 0.333. The summed E-state index contributed by atoms with van der Waals surface area (Å²) in [6.07, 6.45) is 2.77. The van der Waals surface area contributed by atoms with Crippen LogP contribution in [0.1, 0.15) is 26.0 Å². The van der Waals surface area contributed by atoms with Gasteiger partial charge in [0.05, 0.1) is 24.9 Å². The average Bonchev–Trinajstić information content (AvgIpc) is 3.18. The molecule has 0 radical (unpaired) electrons. The van der Waals surface area contributed by atoms with Gasteiger partial charge < -0.3 is 20.1 Å². The van der Waals surface area contributed by atoms with E-state index in [0.717, 1.165) is 35.8 Å². The van der Waals surface area contributed by atoms with E-state index in [0.29, 0.717) is 19.1 Å². The second kappa shape index (κ2) is 11.6. The first-order valence-electron chi connectivity index (χ1n) is 10.6. The molecule has 7 heteroatoms. The quantitative estimate of drug-likeness (QED) is 0.291. The largest absolute Gasteiger partial charge is 0.494 e. The molecule has 0 saturated carbocycles. The first kappa shape index (κ1) is 22.2. The zero-order valence-electron chi connectivity index (χ0n) is 18.4. The van der Waals surface area contributed by atoms with Crippen LogP contribution < -0.4 is 20.1 Å². The summed E-state index contributed by atoms with van der Waals surface area (Å²) >= 11 is 0. The van der Waals surface area contributed by atoms with Crippen molar-refractivity contribution in [3.63, 3.8) is 0 Å². The lowest BCUT2D eigenvalue weighted by molar-refractivity contribution is 0.242. The second-order valence-corrected chi connectivity index (χ2v) is 7.37. The molecule has 0 unspecified atom stereocenters. The number of anilines is 1. The summed E-state index contributed by atoms with van der Waals surface area (Å²) in [6, 6.07) is 19.7. The lowest BCUT2D eigenvalue weighted by atomic mass is 10.3. The minimum atomic E-state index is 0.148. The van der Waals surface area contributed by atoms with Crippen LogP contribution in [0.25, 0.3) is 0 Å². The maximum absolute atomic E-state index is 5.76. The van der Waals surface area contributed by atoms with Crippen LogP contribution >= 0.6 is 0 Å². The van der Waals surface area contributed by atoms with E-state index in [1.165, 1.54) is 0 Å². The molecule has 1 heterocycles. The molecule has 0 bridgehead atoms. The summed E-state index contributed by atoms with van der Waals surface area (Å²) in [5.74, 6) is 2.44. The fourth-order valence-corrected chi connectivity index (χ4v) is 2.87. The number of nitrogens with zero attached hydrogens (tertiary/aromatic N) is 3. The predicted octanol–water partition coefficient (Wildman–Crippen LogP) is 4.23. The number of guanidine groups is 1. The predicted molar refractivity (Wildman–Crippen MR) is 125 cm³/mol. The molecular formula is C24H31N5O2. The SMILES string of the molecule is CC(C)Oc1ccc(NC(=NCc2ccnn2C)NCCCOc2ccccc2)cc1. The van der Waals surface area contributed by atoms with E-state index in [4.69, 9.17) is 14.5 Å². The lowest BCUT2D eigenvalue weighted by Crippen LogP contribution is -2.32. The molecule has 0 atom stereocenters. The van der Waals surface area contributed by atoms with Crippen molar-refractivity contribution in [1.82, 2.24) is 15.1 Å². The molecule has 3 rings (SSSR count). The van der Waals surface area contributed by atoms with Gasteiger partial charge in [0, 0.05) is 25.5 Å². The number of aryl methyl sites for hydroxylation is 1. The molecule has 164 valence electrons. The number of nitrogens with one attached hydrogen (secondary N) is 2. The summed E-state index contributed by atoms with van der Waals surface area (Å²) in [6.45, 7) is 5.92. The van der Waals surface area contributed by atoms with E-state index < -0.39 is 0 Å². The van der Waals surface area contributed by atoms with Gasteiger partial charge in [0.25, 0.3) is 0 Å². The number of para-hydroxylation sites is 1. The summed E-state index contributed by atoms with van der Waals surface area (Å²) in [7, 11) is 1.92. The monoisotopic (exact) mass is 421 g/mol. The van der Waals surface area contributed by atoms with Crippen molar-refractivity contribution in [1.29, 1.82) is 0 Å². The fourth-order valence-electron chi connectivity index (χ4n) is 2.87. The maximum Gasteiger partial charge on any atom is 0.196 e.